The molecule has 8 heteroatoms. The van der Waals surface area contributed by atoms with Crippen LogP contribution >= 0.6 is 0 Å². The van der Waals surface area contributed by atoms with Gasteiger partial charge in [0.15, 0.2) is 11.6 Å². The fraction of sp³-hybridized carbons (Fsp3) is 0.231. The van der Waals surface area contributed by atoms with Gasteiger partial charge in [-0.15, -0.1) is 0 Å². The van der Waals surface area contributed by atoms with Crippen molar-refractivity contribution in [1.82, 2.24) is 4.98 Å². The van der Waals surface area contributed by atoms with Crippen LogP contribution in [0.1, 0.15) is 12.6 Å². The van der Waals surface area contributed by atoms with Crippen LogP contribution in [0.3, 0.4) is 0 Å². The number of ether oxygens (including phenoxy) is 1. The molecule has 0 fully saturated rings. The van der Waals surface area contributed by atoms with Crippen LogP contribution in [-0.2, 0) is 16.6 Å². The van der Waals surface area contributed by atoms with E-state index in [1.807, 2.05) is 0 Å². The van der Waals surface area contributed by atoms with E-state index in [1.165, 1.54) is 24.4 Å². The van der Waals surface area contributed by atoms with Crippen molar-refractivity contribution in [3.63, 3.8) is 0 Å². The first kappa shape index (κ1) is 15.3. The lowest BCUT2D eigenvalue weighted by Crippen LogP contribution is -2.12. The zero-order valence-corrected chi connectivity index (χ0v) is 12.1. The highest BCUT2D eigenvalue weighted by Crippen LogP contribution is 2.23. The standard InChI is InChI=1S/C13H15FN2O4S/c1-2-20-13-4-3-9(6-12(13)14)16-21(18,19)11-5-10(8-17)15-7-11/h3-7,15-17H,2,8H2,1H3. The minimum atomic E-state index is -3.84. The van der Waals surface area contributed by atoms with E-state index in [4.69, 9.17) is 9.84 Å². The van der Waals surface area contributed by atoms with Crippen LogP contribution in [0.2, 0.25) is 0 Å². The van der Waals surface area contributed by atoms with E-state index in [2.05, 4.69) is 9.71 Å². The van der Waals surface area contributed by atoms with Crippen molar-refractivity contribution in [2.75, 3.05) is 11.3 Å². The molecule has 0 saturated heterocycles. The van der Waals surface area contributed by atoms with Crippen molar-refractivity contribution in [3.8, 4) is 5.75 Å². The van der Waals surface area contributed by atoms with Gasteiger partial charge in [-0.1, -0.05) is 0 Å². The molecular weight excluding hydrogens is 299 g/mol. The summed E-state index contributed by atoms with van der Waals surface area (Å²) in [5.74, 6) is -0.591. The first-order valence-electron chi connectivity index (χ1n) is 6.19. The molecule has 2 aromatic rings. The lowest BCUT2D eigenvalue weighted by molar-refractivity contribution is 0.277. The number of H-pyrrole nitrogens is 1. The maximum atomic E-state index is 13.7. The Labute approximate surface area is 121 Å². The van der Waals surface area contributed by atoms with E-state index in [-0.39, 0.29) is 22.9 Å². The number of sulfonamides is 1. The lowest BCUT2D eigenvalue weighted by atomic mass is 10.3. The molecule has 6 nitrogen and oxygen atoms in total. The van der Waals surface area contributed by atoms with E-state index in [1.54, 1.807) is 6.92 Å². The number of aromatic nitrogens is 1. The van der Waals surface area contributed by atoms with Crippen LogP contribution in [0.5, 0.6) is 5.75 Å². The fourth-order valence-corrected chi connectivity index (χ4v) is 2.78. The maximum absolute atomic E-state index is 13.7. The maximum Gasteiger partial charge on any atom is 0.263 e. The number of hydrogen-bond acceptors (Lipinski definition) is 4. The summed E-state index contributed by atoms with van der Waals surface area (Å²) in [7, 11) is -3.84. The summed E-state index contributed by atoms with van der Waals surface area (Å²) in [5, 5.41) is 8.91. The molecule has 0 radical (unpaired) electrons. The van der Waals surface area contributed by atoms with Gasteiger partial charge in [0.2, 0.25) is 0 Å². The Morgan fingerprint density at radius 2 is 2.14 bits per heavy atom. The van der Waals surface area contributed by atoms with Gasteiger partial charge in [-0.2, -0.15) is 0 Å². The quantitative estimate of drug-likeness (QED) is 0.759. The van der Waals surface area contributed by atoms with Crippen LogP contribution in [0.4, 0.5) is 10.1 Å². The molecule has 2 rings (SSSR count). The molecule has 1 aromatic carbocycles. The van der Waals surface area contributed by atoms with Crippen LogP contribution < -0.4 is 9.46 Å². The van der Waals surface area contributed by atoms with E-state index in [0.29, 0.717) is 12.3 Å². The highest BCUT2D eigenvalue weighted by molar-refractivity contribution is 7.92. The Balaban J connectivity index is 2.22. The smallest absolute Gasteiger partial charge is 0.263 e. The van der Waals surface area contributed by atoms with Crippen LogP contribution in [0.15, 0.2) is 35.4 Å². The third-order valence-electron chi connectivity index (χ3n) is 2.68. The van der Waals surface area contributed by atoms with Gasteiger partial charge in [0, 0.05) is 18.0 Å². The van der Waals surface area contributed by atoms with Crippen LogP contribution in [-0.4, -0.2) is 25.1 Å². The normalized spacial score (nSPS) is 11.4. The van der Waals surface area contributed by atoms with Crippen molar-refractivity contribution >= 4 is 15.7 Å². The van der Waals surface area contributed by atoms with Crippen molar-refractivity contribution in [2.24, 2.45) is 0 Å². The Bertz CT molecular complexity index is 728. The van der Waals surface area contributed by atoms with Crippen LogP contribution in [0.25, 0.3) is 0 Å². The second kappa shape index (κ2) is 6.15. The molecule has 0 saturated carbocycles. The van der Waals surface area contributed by atoms with Gasteiger partial charge in [-0.05, 0) is 25.1 Å². The van der Waals surface area contributed by atoms with E-state index in [0.717, 1.165) is 6.07 Å². The molecule has 114 valence electrons. The Kier molecular flexibility index (Phi) is 4.49. The SMILES string of the molecule is CCOc1ccc(NS(=O)(=O)c2c[nH]c(CO)c2)cc1F. The zero-order chi connectivity index (χ0) is 15.5. The minimum absolute atomic E-state index is 0.0409. The van der Waals surface area contributed by atoms with Crippen molar-refractivity contribution in [1.29, 1.82) is 0 Å². The van der Waals surface area contributed by atoms with Gasteiger partial charge >= 0.3 is 0 Å². The summed E-state index contributed by atoms with van der Waals surface area (Å²) in [6.07, 6.45) is 1.25. The molecule has 3 N–H and O–H groups in total. The second-order valence-electron chi connectivity index (χ2n) is 4.20. The summed E-state index contributed by atoms with van der Waals surface area (Å²) in [6, 6.07) is 5.10. The van der Waals surface area contributed by atoms with E-state index >= 15 is 0 Å². The highest BCUT2D eigenvalue weighted by atomic mass is 32.2. The molecule has 0 aliphatic carbocycles. The first-order valence-corrected chi connectivity index (χ1v) is 7.68. The summed E-state index contributed by atoms with van der Waals surface area (Å²) in [4.78, 5) is 2.58. The van der Waals surface area contributed by atoms with Gasteiger partial charge in [-0.25, -0.2) is 12.8 Å². The molecule has 0 spiro atoms. The summed E-state index contributed by atoms with van der Waals surface area (Å²) < 4.78 is 45.1. The Morgan fingerprint density at radius 1 is 1.38 bits per heavy atom. The Hall–Kier alpha value is -2.06. The van der Waals surface area contributed by atoms with Crippen LogP contribution in [0, 0.1) is 5.82 Å². The average molecular weight is 314 g/mol. The number of hydrogen-bond donors (Lipinski definition) is 3. The molecule has 0 unspecified atom stereocenters. The monoisotopic (exact) mass is 314 g/mol. The average Bonchev–Trinajstić information content (AvgIpc) is 2.91. The number of rotatable bonds is 6. The van der Waals surface area contributed by atoms with E-state index in [9.17, 15) is 12.8 Å². The number of benzene rings is 1. The summed E-state index contributed by atoms with van der Waals surface area (Å²) in [6.45, 7) is 1.74. The molecule has 21 heavy (non-hydrogen) atoms. The van der Waals surface area contributed by atoms with Crippen molar-refractivity contribution in [2.45, 2.75) is 18.4 Å². The summed E-state index contributed by atoms with van der Waals surface area (Å²) in [5.41, 5.74) is 0.455. The molecule has 1 aromatic heterocycles. The van der Waals surface area contributed by atoms with Gasteiger partial charge in [0.05, 0.1) is 18.9 Å². The van der Waals surface area contributed by atoms with E-state index < -0.39 is 15.8 Å². The zero-order valence-electron chi connectivity index (χ0n) is 11.3. The number of aliphatic hydroxyl groups excluding tert-OH is 1. The fourth-order valence-electron chi connectivity index (χ4n) is 1.72. The molecular formula is C13H15FN2O4S. The summed E-state index contributed by atoms with van der Waals surface area (Å²) >= 11 is 0. The molecule has 0 amide bonds. The number of aromatic amines is 1. The number of halogens is 1. The third kappa shape index (κ3) is 3.53. The van der Waals surface area contributed by atoms with Gasteiger partial charge < -0.3 is 14.8 Å². The van der Waals surface area contributed by atoms with Gasteiger partial charge in [0.25, 0.3) is 10.0 Å². The molecule has 0 bridgehead atoms. The highest BCUT2D eigenvalue weighted by Gasteiger charge is 2.17. The van der Waals surface area contributed by atoms with Gasteiger partial charge in [0.1, 0.15) is 4.90 Å². The number of anilines is 1. The predicted octanol–water partition coefficient (Wildman–Crippen LogP) is 1.85. The largest absolute Gasteiger partial charge is 0.491 e. The molecule has 0 aliphatic heterocycles. The van der Waals surface area contributed by atoms with Crippen molar-refractivity contribution < 1.29 is 22.7 Å². The third-order valence-corrected chi connectivity index (χ3v) is 4.04. The van der Waals surface area contributed by atoms with Crippen molar-refractivity contribution in [3.05, 3.63) is 42.0 Å². The topological polar surface area (TPSA) is 91.4 Å². The number of aliphatic hydroxyl groups is 1. The van der Waals surface area contributed by atoms with Gasteiger partial charge in [-0.3, -0.25) is 4.72 Å². The Morgan fingerprint density at radius 3 is 2.71 bits per heavy atom. The minimum Gasteiger partial charge on any atom is -0.491 e. The predicted molar refractivity (Wildman–Crippen MR) is 75.1 cm³/mol. The second-order valence-corrected chi connectivity index (χ2v) is 5.88. The number of nitrogens with one attached hydrogen (secondary N) is 2. The molecule has 1 heterocycles. The lowest BCUT2D eigenvalue weighted by Gasteiger charge is -2.09. The molecule has 0 atom stereocenters. The molecule has 0 aliphatic rings. The first-order chi connectivity index (χ1) is 9.96.